The Kier molecular flexibility index (Phi) is 6.11. The van der Waals surface area contributed by atoms with Gasteiger partial charge in [-0.05, 0) is 34.7 Å². The lowest BCUT2D eigenvalue weighted by atomic mass is 9.86. The number of hydrogen-bond donors (Lipinski definition) is 1. The van der Waals surface area contributed by atoms with Crippen LogP contribution in [0.15, 0.2) is 41.3 Å². The molecule has 30 heavy (non-hydrogen) atoms. The van der Waals surface area contributed by atoms with Gasteiger partial charge in [0.15, 0.2) is 11.7 Å². The van der Waals surface area contributed by atoms with Crippen LogP contribution in [0.1, 0.15) is 48.3 Å². The van der Waals surface area contributed by atoms with Crippen LogP contribution in [0.2, 0.25) is 5.02 Å². The van der Waals surface area contributed by atoms with Crippen LogP contribution in [-0.4, -0.2) is 22.6 Å². The number of aldehydes is 1. The first kappa shape index (κ1) is 22.1. The Morgan fingerprint density at radius 3 is 2.50 bits per heavy atom. The van der Waals surface area contributed by atoms with Gasteiger partial charge in [-0.25, -0.2) is 8.78 Å². The van der Waals surface area contributed by atoms with Crippen molar-refractivity contribution < 1.29 is 18.7 Å². The van der Waals surface area contributed by atoms with Crippen molar-refractivity contribution >= 4 is 28.8 Å². The minimum Gasteiger partial charge on any atom is -0.394 e. The van der Waals surface area contributed by atoms with Gasteiger partial charge in [0.05, 0.1) is 28.8 Å². The van der Waals surface area contributed by atoms with Gasteiger partial charge in [-0.3, -0.25) is 9.59 Å². The van der Waals surface area contributed by atoms with Gasteiger partial charge in [0, 0.05) is 18.0 Å². The molecule has 0 amide bonds. The molecule has 0 aliphatic carbocycles. The predicted octanol–water partition coefficient (Wildman–Crippen LogP) is 4.92. The van der Waals surface area contributed by atoms with Gasteiger partial charge < -0.3 is 9.67 Å². The molecule has 1 atom stereocenters. The molecule has 1 heterocycles. The summed E-state index contributed by atoms with van der Waals surface area (Å²) in [5, 5.41) is 10.00. The maximum atomic E-state index is 15.0. The number of benzene rings is 2. The van der Waals surface area contributed by atoms with E-state index < -0.39 is 28.5 Å². The van der Waals surface area contributed by atoms with Crippen LogP contribution in [0.25, 0.3) is 10.9 Å². The molecule has 1 aromatic heterocycles. The smallest absolute Gasteiger partial charge is 0.199 e. The summed E-state index contributed by atoms with van der Waals surface area (Å²) in [5.41, 5.74) is -0.531. The average Bonchev–Trinajstić information content (AvgIpc) is 2.67. The summed E-state index contributed by atoms with van der Waals surface area (Å²) in [4.78, 5) is 24.3. The number of carbonyl (C=O) groups excluding carboxylic acids is 1. The van der Waals surface area contributed by atoms with Crippen LogP contribution in [0, 0.1) is 17.0 Å². The molecule has 0 aliphatic rings. The van der Waals surface area contributed by atoms with E-state index in [4.69, 9.17) is 11.6 Å². The Balaban J connectivity index is 2.27. The Bertz CT molecular complexity index is 1180. The van der Waals surface area contributed by atoms with Crippen LogP contribution in [-0.2, 0) is 6.42 Å². The third kappa shape index (κ3) is 4.02. The highest BCUT2D eigenvalue weighted by Gasteiger charge is 2.27. The monoisotopic (exact) mass is 433 g/mol. The number of rotatable bonds is 5. The van der Waals surface area contributed by atoms with Gasteiger partial charge in [-0.15, -0.1) is 0 Å². The fraction of sp³-hybridized carbons (Fsp3) is 0.304. The summed E-state index contributed by atoms with van der Waals surface area (Å²) in [5.74, 6) is -1.27. The molecule has 0 radical (unpaired) electrons. The van der Waals surface area contributed by atoms with Crippen LogP contribution in [0.4, 0.5) is 8.78 Å². The molecule has 2 aromatic carbocycles. The number of aromatic nitrogens is 1. The number of aliphatic hydroxyl groups excluding tert-OH is 1. The Hall–Kier alpha value is -2.57. The maximum Gasteiger partial charge on any atom is 0.199 e. The summed E-state index contributed by atoms with van der Waals surface area (Å²) in [6.07, 6.45) is 1.68. The molecular formula is C23H22ClF2NO3. The molecule has 158 valence electrons. The molecule has 3 rings (SSSR count). The molecule has 3 aromatic rings. The van der Waals surface area contributed by atoms with Gasteiger partial charge in [-0.1, -0.05) is 44.5 Å². The minimum atomic E-state index is -0.647. The van der Waals surface area contributed by atoms with Crippen molar-refractivity contribution in [3.63, 3.8) is 0 Å². The molecular weight excluding hydrogens is 412 g/mol. The molecule has 7 heteroatoms. The standard InChI is InChI=1S/C23H22ClF2NO3/c1-23(2,3)20(12-29)27-10-15(11-28)22(30)16-8-14(18(25)9-19(16)27)7-13-5-4-6-17(24)21(13)26/h4-6,8-11,20,29H,7,12H2,1-3H3/t20-/m1/s1. The molecule has 0 saturated heterocycles. The van der Waals surface area contributed by atoms with E-state index in [-0.39, 0.29) is 45.6 Å². The lowest BCUT2D eigenvalue weighted by molar-refractivity contribution is 0.111. The van der Waals surface area contributed by atoms with Gasteiger partial charge >= 0.3 is 0 Å². The van der Waals surface area contributed by atoms with Crippen molar-refractivity contribution in [1.82, 2.24) is 4.57 Å². The second-order valence-corrected chi connectivity index (χ2v) is 8.76. The van der Waals surface area contributed by atoms with E-state index >= 15 is 0 Å². The van der Waals surface area contributed by atoms with E-state index in [1.165, 1.54) is 30.5 Å². The quantitative estimate of drug-likeness (QED) is 0.581. The largest absolute Gasteiger partial charge is 0.394 e. The molecule has 1 N–H and O–H groups in total. The van der Waals surface area contributed by atoms with Crippen molar-refractivity contribution in [2.24, 2.45) is 5.41 Å². The third-order valence-electron chi connectivity index (χ3n) is 5.28. The summed E-state index contributed by atoms with van der Waals surface area (Å²) in [6, 6.07) is 6.48. The van der Waals surface area contributed by atoms with E-state index in [0.717, 1.165) is 0 Å². The zero-order valence-corrected chi connectivity index (χ0v) is 17.6. The van der Waals surface area contributed by atoms with Crippen molar-refractivity contribution in [3.05, 3.63) is 80.1 Å². The van der Waals surface area contributed by atoms with E-state index in [1.54, 1.807) is 10.6 Å². The molecule has 4 nitrogen and oxygen atoms in total. The number of pyridine rings is 1. The SMILES string of the molecule is CC(C)(C)[C@@H](CO)n1cc(C=O)c(=O)c2cc(Cc3cccc(Cl)c3F)c(F)cc21. The summed E-state index contributed by atoms with van der Waals surface area (Å²) in [7, 11) is 0. The Morgan fingerprint density at radius 1 is 1.20 bits per heavy atom. The molecule has 0 spiro atoms. The highest BCUT2D eigenvalue weighted by atomic mass is 35.5. The zero-order valence-electron chi connectivity index (χ0n) is 16.9. The van der Waals surface area contributed by atoms with Crippen LogP contribution < -0.4 is 5.43 Å². The van der Waals surface area contributed by atoms with Crippen molar-refractivity contribution in [1.29, 1.82) is 0 Å². The van der Waals surface area contributed by atoms with Crippen molar-refractivity contribution in [3.8, 4) is 0 Å². The first-order valence-electron chi connectivity index (χ1n) is 9.44. The molecule has 0 aliphatic heterocycles. The zero-order chi connectivity index (χ0) is 22.2. The van der Waals surface area contributed by atoms with E-state index in [0.29, 0.717) is 6.29 Å². The first-order chi connectivity index (χ1) is 14.1. The van der Waals surface area contributed by atoms with Crippen LogP contribution in [0.5, 0.6) is 0 Å². The summed E-state index contributed by atoms with van der Waals surface area (Å²) < 4.78 is 30.8. The van der Waals surface area contributed by atoms with Gasteiger partial charge in [-0.2, -0.15) is 0 Å². The fourth-order valence-electron chi connectivity index (χ4n) is 3.58. The van der Waals surface area contributed by atoms with Gasteiger partial charge in [0.2, 0.25) is 0 Å². The minimum absolute atomic E-state index is 0.0738. The third-order valence-corrected chi connectivity index (χ3v) is 5.57. The van der Waals surface area contributed by atoms with Crippen LogP contribution in [0.3, 0.4) is 0 Å². The lowest BCUT2D eigenvalue weighted by Crippen LogP contribution is -2.30. The lowest BCUT2D eigenvalue weighted by Gasteiger charge is -2.32. The van der Waals surface area contributed by atoms with E-state index in [1.807, 2.05) is 20.8 Å². The van der Waals surface area contributed by atoms with Crippen LogP contribution >= 0.6 is 11.6 Å². The Labute approximate surface area is 177 Å². The summed E-state index contributed by atoms with van der Waals surface area (Å²) >= 11 is 5.81. The first-order valence-corrected chi connectivity index (χ1v) is 9.82. The molecule has 0 bridgehead atoms. The topological polar surface area (TPSA) is 59.3 Å². The molecule has 0 fully saturated rings. The van der Waals surface area contributed by atoms with Gasteiger partial charge in [0.1, 0.15) is 11.6 Å². The highest BCUT2D eigenvalue weighted by Crippen LogP contribution is 2.33. The second-order valence-electron chi connectivity index (χ2n) is 8.35. The number of hydrogen-bond acceptors (Lipinski definition) is 3. The maximum absolute atomic E-state index is 15.0. The van der Waals surface area contributed by atoms with E-state index in [2.05, 4.69) is 0 Å². The predicted molar refractivity (Wildman–Crippen MR) is 113 cm³/mol. The van der Waals surface area contributed by atoms with E-state index in [9.17, 15) is 23.5 Å². The number of fused-ring (bicyclic) bond motifs is 1. The summed E-state index contributed by atoms with van der Waals surface area (Å²) in [6.45, 7) is 5.41. The fourth-order valence-corrected chi connectivity index (χ4v) is 3.78. The second kappa shape index (κ2) is 8.28. The number of carbonyl (C=O) groups is 1. The number of nitrogens with zero attached hydrogens (tertiary/aromatic N) is 1. The normalized spacial score (nSPS) is 12.9. The number of halogens is 3. The molecule has 0 unspecified atom stereocenters. The number of aliphatic hydroxyl groups is 1. The van der Waals surface area contributed by atoms with Crippen molar-refractivity contribution in [2.75, 3.05) is 6.61 Å². The van der Waals surface area contributed by atoms with Crippen molar-refractivity contribution in [2.45, 2.75) is 33.2 Å². The van der Waals surface area contributed by atoms with Gasteiger partial charge in [0.25, 0.3) is 0 Å². The Morgan fingerprint density at radius 2 is 1.90 bits per heavy atom. The molecule has 0 saturated carbocycles. The average molecular weight is 434 g/mol. The highest BCUT2D eigenvalue weighted by molar-refractivity contribution is 6.30.